The van der Waals surface area contributed by atoms with Gasteiger partial charge in [-0.2, -0.15) is 0 Å². The van der Waals surface area contributed by atoms with Crippen LogP contribution in [0.2, 0.25) is 0 Å². The number of benzene rings is 1. The van der Waals surface area contributed by atoms with Crippen molar-refractivity contribution in [3.63, 3.8) is 0 Å². The summed E-state index contributed by atoms with van der Waals surface area (Å²) < 4.78 is 0. The Balaban J connectivity index is 2.83. The molecule has 0 aliphatic rings. The van der Waals surface area contributed by atoms with E-state index in [1.54, 1.807) is 18.2 Å². The third kappa shape index (κ3) is 1.07. The van der Waals surface area contributed by atoms with Gasteiger partial charge in [0.15, 0.2) is 0 Å². The molecule has 0 aliphatic carbocycles. The summed E-state index contributed by atoms with van der Waals surface area (Å²) in [5, 5.41) is 8.49. The Morgan fingerprint density at radius 3 is 2.75 bits per heavy atom. The predicted octanol–water partition coefficient (Wildman–Crippen LogP) is 0.779. The third-order valence-electron chi connectivity index (χ3n) is 0.876. The molecule has 0 aromatic heterocycles. The van der Waals surface area contributed by atoms with Gasteiger partial charge < -0.3 is 5.11 Å². The molecular weight excluding hydrogens is 100 g/mol. The van der Waals surface area contributed by atoms with Crippen LogP contribution in [0.5, 0.6) is 0 Å². The maximum atomic E-state index is 8.49. The van der Waals surface area contributed by atoms with Gasteiger partial charge in [0.05, 0.1) is 6.61 Å². The van der Waals surface area contributed by atoms with Crippen molar-refractivity contribution < 1.29 is 5.11 Å². The van der Waals surface area contributed by atoms with E-state index in [9.17, 15) is 0 Å². The number of aliphatic hydroxyl groups is 1. The van der Waals surface area contributed by atoms with Gasteiger partial charge in [0, 0.05) is 0 Å². The molecular formula is C7H6O. The summed E-state index contributed by atoms with van der Waals surface area (Å²) in [5.74, 6) is 0. The van der Waals surface area contributed by atoms with Gasteiger partial charge in [-0.1, -0.05) is 12.1 Å². The highest BCUT2D eigenvalue weighted by Crippen LogP contribution is 1.93. The Morgan fingerprint density at radius 1 is 1.50 bits per heavy atom. The molecule has 1 nitrogen and oxygen atoms in total. The summed E-state index contributed by atoms with van der Waals surface area (Å²) in [5.41, 5.74) is 0.785. The molecule has 2 radical (unpaired) electrons. The van der Waals surface area contributed by atoms with Crippen LogP contribution in [0.1, 0.15) is 5.56 Å². The summed E-state index contributed by atoms with van der Waals surface area (Å²) in [6.45, 7) is 0.0529. The number of aliphatic hydroxyl groups excluding tert-OH is 1. The fraction of sp³-hybridized carbons (Fsp3) is 0.143. The molecule has 0 fully saturated rings. The van der Waals surface area contributed by atoms with Gasteiger partial charge in [-0.05, 0) is 23.8 Å². The fourth-order valence-electron chi connectivity index (χ4n) is 0.478. The lowest BCUT2D eigenvalue weighted by molar-refractivity contribution is 0.281. The van der Waals surface area contributed by atoms with E-state index in [1.165, 1.54) is 0 Å². The zero-order chi connectivity index (χ0) is 5.82. The molecule has 0 spiro atoms. The van der Waals surface area contributed by atoms with Crippen LogP contribution in [0, 0.1) is 12.1 Å². The van der Waals surface area contributed by atoms with E-state index in [4.69, 9.17) is 5.11 Å². The first-order chi connectivity index (χ1) is 3.93. The summed E-state index contributed by atoms with van der Waals surface area (Å²) >= 11 is 0. The third-order valence-corrected chi connectivity index (χ3v) is 0.876. The number of rotatable bonds is 1. The van der Waals surface area contributed by atoms with Crippen LogP contribution in [0.3, 0.4) is 0 Å². The van der Waals surface area contributed by atoms with Gasteiger partial charge in [-0.15, -0.1) is 0 Å². The second-order valence-corrected chi connectivity index (χ2v) is 1.47. The molecule has 0 saturated heterocycles. The molecule has 0 bridgehead atoms. The van der Waals surface area contributed by atoms with Crippen LogP contribution in [0.25, 0.3) is 0 Å². The average molecular weight is 106 g/mol. The zero-order valence-corrected chi connectivity index (χ0v) is 4.39. The summed E-state index contributed by atoms with van der Waals surface area (Å²) in [7, 11) is 0. The van der Waals surface area contributed by atoms with Crippen LogP contribution >= 0.6 is 0 Å². The lowest BCUT2D eigenvalue weighted by atomic mass is 10.2. The zero-order valence-electron chi connectivity index (χ0n) is 4.39. The van der Waals surface area contributed by atoms with E-state index in [0.717, 1.165) is 5.56 Å². The average Bonchev–Trinajstić information content (AvgIpc) is 1.90. The summed E-state index contributed by atoms with van der Waals surface area (Å²) in [6.07, 6.45) is 0. The van der Waals surface area contributed by atoms with Crippen molar-refractivity contribution >= 4 is 0 Å². The monoisotopic (exact) mass is 106 g/mol. The van der Waals surface area contributed by atoms with Crippen LogP contribution in [0.4, 0.5) is 0 Å². The van der Waals surface area contributed by atoms with Crippen molar-refractivity contribution in [1.82, 2.24) is 0 Å². The molecule has 0 atom stereocenters. The minimum absolute atomic E-state index is 0.0529. The smallest absolute Gasteiger partial charge is 0.0688 e. The lowest BCUT2D eigenvalue weighted by Crippen LogP contribution is -1.78. The normalized spacial score (nSPS) is 9.12. The van der Waals surface area contributed by atoms with Crippen molar-refractivity contribution in [3.05, 3.63) is 35.9 Å². The first-order valence-electron chi connectivity index (χ1n) is 2.41. The van der Waals surface area contributed by atoms with Crippen molar-refractivity contribution in [3.8, 4) is 0 Å². The van der Waals surface area contributed by atoms with Gasteiger partial charge >= 0.3 is 0 Å². The molecule has 0 saturated carbocycles. The van der Waals surface area contributed by atoms with Gasteiger partial charge in [0.25, 0.3) is 0 Å². The Hall–Kier alpha value is -0.820. The fourth-order valence-corrected chi connectivity index (χ4v) is 0.478. The Bertz CT molecular complexity index is 146. The van der Waals surface area contributed by atoms with E-state index >= 15 is 0 Å². The summed E-state index contributed by atoms with van der Waals surface area (Å²) in [6, 6.07) is 10.8. The largest absolute Gasteiger partial charge is 0.392 e. The van der Waals surface area contributed by atoms with Crippen LogP contribution in [-0.4, -0.2) is 5.11 Å². The minimum Gasteiger partial charge on any atom is -0.392 e. The Morgan fingerprint density at radius 2 is 2.38 bits per heavy atom. The van der Waals surface area contributed by atoms with Crippen LogP contribution in [-0.2, 0) is 6.61 Å². The van der Waals surface area contributed by atoms with E-state index in [0.29, 0.717) is 0 Å². The second-order valence-electron chi connectivity index (χ2n) is 1.47. The molecule has 1 aromatic carbocycles. The highest BCUT2D eigenvalue weighted by Gasteiger charge is 1.82. The first kappa shape index (κ1) is 5.32. The van der Waals surface area contributed by atoms with Gasteiger partial charge in [0.2, 0.25) is 0 Å². The molecule has 0 amide bonds. The van der Waals surface area contributed by atoms with Crippen molar-refractivity contribution in [2.45, 2.75) is 6.61 Å². The highest BCUT2D eigenvalue weighted by molar-refractivity contribution is 5.10. The van der Waals surface area contributed by atoms with Gasteiger partial charge in [-0.25, -0.2) is 0 Å². The van der Waals surface area contributed by atoms with Crippen LogP contribution in [0.15, 0.2) is 18.2 Å². The Kier molecular flexibility index (Phi) is 1.65. The van der Waals surface area contributed by atoms with Crippen molar-refractivity contribution in [2.75, 3.05) is 0 Å². The molecule has 1 N–H and O–H groups in total. The number of hydrogen-bond acceptors (Lipinski definition) is 1. The van der Waals surface area contributed by atoms with Crippen LogP contribution < -0.4 is 0 Å². The van der Waals surface area contributed by atoms with Crippen molar-refractivity contribution in [1.29, 1.82) is 0 Å². The molecule has 0 heterocycles. The molecule has 0 unspecified atom stereocenters. The molecule has 1 aromatic rings. The molecule has 1 rings (SSSR count). The van der Waals surface area contributed by atoms with E-state index < -0.39 is 0 Å². The van der Waals surface area contributed by atoms with E-state index in [2.05, 4.69) is 12.1 Å². The maximum Gasteiger partial charge on any atom is 0.0688 e. The SMILES string of the molecule is OCc1[c]cc[c]c1. The Labute approximate surface area is 48.6 Å². The minimum atomic E-state index is 0.0529. The quantitative estimate of drug-likeness (QED) is 0.561. The second kappa shape index (κ2) is 2.48. The van der Waals surface area contributed by atoms with E-state index in [1.807, 2.05) is 0 Å². The molecule has 1 heteroatoms. The predicted molar refractivity (Wildman–Crippen MR) is 30.0 cm³/mol. The lowest BCUT2D eigenvalue weighted by Gasteiger charge is -1.87. The first-order valence-corrected chi connectivity index (χ1v) is 2.41. The topological polar surface area (TPSA) is 20.2 Å². The maximum absolute atomic E-state index is 8.49. The van der Waals surface area contributed by atoms with Gasteiger partial charge in [0.1, 0.15) is 0 Å². The molecule has 0 aliphatic heterocycles. The highest BCUT2D eigenvalue weighted by atomic mass is 16.3. The van der Waals surface area contributed by atoms with Gasteiger partial charge in [-0.3, -0.25) is 0 Å². The standard InChI is InChI=1S/C7H6O/c8-6-7-4-2-1-3-5-7/h1-2,5,8H,6H2. The molecule has 40 valence electrons. The van der Waals surface area contributed by atoms with Crippen molar-refractivity contribution in [2.24, 2.45) is 0 Å². The molecule has 8 heavy (non-hydrogen) atoms. The number of hydrogen-bond donors (Lipinski definition) is 1. The van der Waals surface area contributed by atoms with E-state index in [-0.39, 0.29) is 6.61 Å². The summed E-state index contributed by atoms with van der Waals surface area (Å²) in [4.78, 5) is 0.